The van der Waals surface area contributed by atoms with Gasteiger partial charge in [0.15, 0.2) is 0 Å². The van der Waals surface area contributed by atoms with E-state index in [2.05, 4.69) is 32.6 Å². The molecule has 148 valence electrons. The summed E-state index contributed by atoms with van der Waals surface area (Å²) < 4.78 is 3.43. The smallest absolute Gasteiger partial charge is 0.419 e. The third-order valence-electron chi connectivity index (χ3n) is 2.90. The van der Waals surface area contributed by atoms with Crippen LogP contribution in [0, 0.1) is 0 Å². The van der Waals surface area contributed by atoms with Crippen molar-refractivity contribution in [2.45, 2.75) is 0 Å². The zero-order valence-electron chi connectivity index (χ0n) is 13.5. The molecular weight excluding hydrogens is 458 g/mol. The number of hydrogen-bond donors (Lipinski definition) is 3. The number of carboxylic acids is 1. The minimum Gasteiger partial charge on any atom is -0.478 e. The van der Waals surface area contributed by atoms with E-state index in [4.69, 9.17) is 38.8 Å². The lowest BCUT2D eigenvalue weighted by molar-refractivity contribution is 0.0698. The van der Waals surface area contributed by atoms with E-state index in [1.54, 1.807) is 24.3 Å². The van der Waals surface area contributed by atoms with E-state index in [0.29, 0.717) is 5.52 Å². The number of aromatic carboxylic acids is 1. The molecule has 1 aromatic heterocycles. The van der Waals surface area contributed by atoms with Crippen molar-refractivity contribution in [2.24, 2.45) is 0 Å². The summed E-state index contributed by atoms with van der Waals surface area (Å²) in [6.07, 6.45) is 0. The number of fused-ring (bicyclic) bond motifs is 1. The van der Waals surface area contributed by atoms with Crippen molar-refractivity contribution in [1.29, 1.82) is 0 Å². The summed E-state index contributed by atoms with van der Waals surface area (Å²) in [4.78, 5) is 43.7. The van der Waals surface area contributed by atoms with Crippen molar-refractivity contribution < 1.29 is 19.1 Å². The summed E-state index contributed by atoms with van der Waals surface area (Å²) in [6.45, 7) is 0. The van der Waals surface area contributed by atoms with Crippen LogP contribution in [0.3, 0.4) is 0 Å². The van der Waals surface area contributed by atoms with E-state index in [1.165, 1.54) is 12.1 Å². The number of benzene rings is 2. The van der Waals surface area contributed by atoms with Gasteiger partial charge in [0.1, 0.15) is 10.9 Å². The van der Waals surface area contributed by atoms with Gasteiger partial charge in [-0.3, -0.25) is 9.78 Å². The molecule has 0 amide bonds. The van der Waals surface area contributed by atoms with Crippen molar-refractivity contribution in [2.75, 3.05) is 5.73 Å². The van der Waals surface area contributed by atoms with Gasteiger partial charge in [0.2, 0.25) is 0 Å². The monoisotopic (exact) mass is 466 g/mol. The number of carboxylic acid groups (broad SMARTS) is 1. The second-order valence-electron chi connectivity index (χ2n) is 4.70. The molecule has 8 nitrogen and oxygen atoms in total. The van der Waals surface area contributed by atoms with Crippen LogP contribution in [0.1, 0.15) is 10.4 Å². The molecule has 0 aliphatic carbocycles. The molecule has 2 aromatic carbocycles. The van der Waals surface area contributed by atoms with Crippen LogP contribution in [0.5, 0.6) is 0 Å². The average molecular weight is 468 g/mol. The van der Waals surface area contributed by atoms with Crippen LogP contribution in [0.15, 0.2) is 50.4 Å². The first-order valence-electron chi connectivity index (χ1n) is 6.98. The Bertz CT molecular complexity index is 1100. The number of nitrogen functional groups attached to an aromatic ring is 1. The van der Waals surface area contributed by atoms with Gasteiger partial charge in [-0.05, 0) is 47.5 Å². The van der Waals surface area contributed by atoms with Gasteiger partial charge in [-0.25, -0.2) is 14.4 Å². The summed E-state index contributed by atoms with van der Waals surface area (Å²) >= 11 is 20.1. The minimum absolute atomic E-state index is 0.0332. The molecule has 0 unspecified atom stereocenters. The van der Waals surface area contributed by atoms with Crippen molar-refractivity contribution in [3.8, 4) is 0 Å². The molecule has 0 fully saturated rings. The number of nitrogens with one attached hydrogen (secondary N) is 1. The van der Waals surface area contributed by atoms with Crippen LogP contribution in [0.2, 0.25) is 10.0 Å². The molecular formula is C16H10Cl4N2O6. The lowest BCUT2D eigenvalue weighted by atomic mass is 10.2. The summed E-state index contributed by atoms with van der Waals surface area (Å²) in [6, 6.07) is 9.36. The van der Waals surface area contributed by atoms with E-state index in [-0.39, 0.29) is 26.7 Å². The Hall–Kier alpha value is -2.52. The molecule has 3 rings (SSSR count). The van der Waals surface area contributed by atoms with Crippen molar-refractivity contribution in [1.82, 2.24) is 4.98 Å². The SMILES string of the molecule is Nc1cccc(Cl)c1C(=O)O.O=C(Cl)Cl.O=c1[nH]c2cccc(Cl)c2c(=O)o1. The Morgan fingerprint density at radius 2 is 1.54 bits per heavy atom. The highest BCUT2D eigenvalue weighted by molar-refractivity contribution is 6.93. The van der Waals surface area contributed by atoms with Gasteiger partial charge in [-0.15, -0.1) is 0 Å². The zero-order chi connectivity index (χ0) is 21.4. The summed E-state index contributed by atoms with van der Waals surface area (Å²) in [7, 11) is 0. The van der Waals surface area contributed by atoms with Gasteiger partial charge in [0.25, 0.3) is 0 Å². The predicted octanol–water partition coefficient (Wildman–Crippen LogP) is 4.34. The van der Waals surface area contributed by atoms with E-state index in [1.807, 2.05) is 0 Å². The van der Waals surface area contributed by atoms with Crippen LogP contribution < -0.4 is 17.1 Å². The second kappa shape index (κ2) is 10.7. The number of aromatic amines is 1. The molecule has 0 saturated heterocycles. The molecule has 0 aliphatic rings. The van der Waals surface area contributed by atoms with Gasteiger partial charge >= 0.3 is 22.1 Å². The van der Waals surface area contributed by atoms with Crippen LogP contribution in [0.25, 0.3) is 10.9 Å². The largest absolute Gasteiger partial charge is 0.478 e. The highest BCUT2D eigenvalue weighted by atomic mass is 35.5. The topological polar surface area (TPSA) is 143 Å². The maximum Gasteiger partial charge on any atom is 0.419 e. The number of carbonyl (C=O) groups excluding carboxylic acids is 1. The van der Waals surface area contributed by atoms with Gasteiger partial charge in [0, 0.05) is 5.69 Å². The van der Waals surface area contributed by atoms with Crippen molar-refractivity contribution in [3.05, 3.63) is 73.0 Å². The molecule has 0 atom stereocenters. The van der Waals surface area contributed by atoms with Gasteiger partial charge in [-0.1, -0.05) is 35.3 Å². The Balaban J connectivity index is 0.000000239. The Labute approximate surface area is 176 Å². The number of anilines is 1. The number of aromatic nitrogens is 1. The third kappa shape index (κ3) is 6.90. The molecule has 0 aliphatic heterocycles. The van der Waals surface area contributed by atoms with Gasteiger partial charge < -0.3 is 15.3 Å². The fourth-order valence-corrected chi connectivity index (χ4v) is 2.39. The number of carbonyl (C=O) groups is 2. The Kier molecular flexibility index (Phi) is 9.01. The van der Waals surface area contributed by atoms with Crippen LogP contribution in [-0.2, 0) is 0 Å². The molecule has 28 heavy (non-hydrogen) atoms. The first kappa shape index (κ1) is 23.5. The molecule has 1 heterocycles. The fraction of sp³-hybridized carbons (Fsp3) is 0. The standard InChI is InChI=1S/C8H4ClNO3.C7H6ClNO2.CCl2O/c9-4-2-1-3-5-6(4)7(11)13-8(12)10-5;8-4-2-1-3-5(9)6(4)7(10)11;2-1(3)4/h1-3H,(H,10,12);1-3H,9H2,(H,10,11);. The Morgan fingerprint density at radius 1 is 1.00 bits per heavy atom. The zero-order valence-corrected chi connectivity index (χ0v) is 16.6. The molecule has 0 saturated carbocycles. The minimum atomic E-state index is -1.10. The number of halogens is 4. The number of rotatable bonds is 1. The van der Waals surface area contributed by atoms with E-state index in [0.717, 1.165) is 0 Å². The molecule has 4 N–H and O–H groups in total. The Morgan fingerprint density at radius 3 is 2.04 bits per heavy atom. The molecule has 0 bridgehead atoms. The molecule has 3 aromatic rings. The highest BCUT2D eigenvalue weighted by Crippen LogP contribution is 2.21. The highest BCUT2D eigenvalue weighted by Gasteiger charge is 2.11. The normalized spacial score (nSPS) is 9.57. The van der Waals surface area contributed by atoms with Gasteiger partial charge in [-0.2, -0.15) is 0 Å². The molecule has 0 radical (unpaired) electrons. The van der Waals surface area contributed by atoms with Crippen LogP contribution in [0.4, 0.5) is 10.5 Å². The predicted molar refractivity (Wildman–Crippen MR) is 108 cm³/mol. The number of hydrogen-bond acceptors (Lipinski definition) is 6. The van der Waals surface area contributed by atoms with E-state index >= 15 is 0 Å². The molecule has 0 spiro atoms. The van der Waals surface area contributed by atoms with Crippen LogP contribution in [-0.4, -0.2) is 20.8 Å². The lowest BCUT2D eigenvalue weighted by Gasteiger charge is -2.00. The molecule has 12 heteroatoms. The summed E-state index contributed by atoms with van der Waals surface area (Å²) in [5.74, 6) is -1.88. The third-order valence-corrected chi connectivity index (χ3v) is 3.53. The second-order valence-corrected chi connectivity index (χ2v) is 6.39. The lowest BCUT2D eigenvalue weighted by Crippen LogP contribution is -2.14. The first-order valence-corrected chi connectivity index (χ1v) is 8.49. The average Bonchev–Trinajstić information content (AvgIpc) is 2.53. The summed E-state index contributed by atoms with van der Waals surface area (Å²) in [5, 5.41) is 9.21. The van der Waals surface area contributed by atoms with E-state index < -0.39 is 22.1 Å². The maximum absolute atomic E-state index is 11.1. The van der Waals surface area contributed by atoms with Gasteiger partial charge in [0.05, 0.1) is 15.6 Å². The van der Waals surface area contributed by atoms with Crippen LogP contribution >= 0.6 is 46.4 Å². The first-order chi connectivity index (χ1) is 13.0. The number of nitrogens with two attached hydrogens (primary N) is 1. The van der Waals surface area contributed by atoms with Crippen molar-refractivity contribution in [3.63, 3.8) is 0 Å². The summed E-state index contributed by atoms with van der Waals surface area (Å²) in [5.41, 5.74) is 5.17. The van der Waals surface area contributed by atoms with E-state index in [9.17, 15) is 14.4 Å². The quantitative estimate of drug-likeness (QED) is 0.356. The maximum atomic E-state index is 11.1. The fourth-order valence-electron chi connectivity index (χ4n) is 1.87. The number of H-pyrrole nitrogens is 1. The van der Waals surface area contributed by atoms with Crippen molar-refractivity contribution >= 4 is 73.7 Å².